The Morgan fingerprint density at radius 2 is 1.81 bits per heavy atom. The Bertz CT molecular complexity index is 1100. The van der Waals surface area contributed by atoms with E-state index in [0.29, 0.717) is 27.7 Å². The normalized spacial score (nSPS) is 11.0. The van der Waals surface area contributed by atoms with E-state index < -0.39 is 17.7 Å². The van der Waals surface area contributed by atoms with Crippen LogP contribution in [0.2, 0.25) is 5.02 Å². The van der Waals surface area contributed by atoms with E-state index in [1.165, 1.54) is 30.6 Å². The number of anilines is 2. The third kappa shape index (κ3) is 5.55. The Labute approximate surface area is 184 Å². The van der Waals surface area contributed by atoms with E-state index in [1.807, 2.05) is 0 Å². The summed E-state index contributed by atoms with van der Waals surface area (Å²) in [5, 5.41) is 0.454. The van der Waals surface area contributed by atoms with Gasteiger partial charge >= 0.3 is 12.1 Å². The van der Waals surface area contributed by atoms with Gasteiger partial charge in [-0.15, -0.1) is 0 Å². The summed E-state index contributed by atoms with van der Waals surface area (Å²) in [4.78, 5) is 38.9. The molecule has 1 amide bonds. The highest BCUT2D eigenvalue weighted by Gasteiger charge is 2.26. The SMILES string of the molecule is COC(=O)c1ccc(-c2cncc(N(C(=O)OC(C)(C)C)c3cccc(Cl)c3)n2)nc1. The van der Waals surface area contributed by atoms with Gasteiger partial charge in [-0.05, 0) is 51.1 Å². The molecule has 9 heteroatoms. The first-order valence-electron chi connectivity index (χ1n) is 9.33. The van der Waals surface area contributed by atoms with E-state index in [0.717, 1.165) is 0 Å². The molecule has 0 aliphatic heterocycles. The Hall–Kier alpha value is -3.52. The van der Waals surface area contributed by atoms with Crippen LogP contribution in [0.3, 0.4) is 0 Å². The number of amides is 1. The lowest BCUT2D eigenvalue weighted by atomic mass is 10.2. The molecule has 0 saturated heterocycles. The number of hydrogen-bond acceptors (Lipinski definition) is 7. The van der Waals surface area contributed by atoms with E-state index in [1.54, 1.807) is 57.2 Å². The number of pyridine rings is 1. The summed E-state index contributed by atoms with van der Waals surface area (Å²) < 4.78 is 10.2. The van der Waals surface area contributed by atoms with Gasteiger partial charge in [-0.2, -0.15) is 0 Å². The van der Waals surface area contributed by atoms with Crippen molar-refractivity contribution in [3.8, 4) is 11.4 Å². The summed E-state index contributed by atoms with van der Waals surface area (Å²) in [5.41, 5.74) is 0.943. The van der Waals surface area contributed by atoms with E-state index in [-0.39, 0.29) is 5.82 Å². The van der Waals surface area contributed by atoms with Gasteiger partial charge in [-0.3, -0.25) is 9.97 Å². The molecule has 0 N–H and O–H groups in total. The van der Waals surface area contributed by atoms with Crippen molar-refractivity contribution in [2.24, 2.45) is 0 Å². The van der Waals surface area contributed by atoms with Crippen molar-refractivity contribution in [1.82, 2.24) is 15.0 Å². The topological polar surface area (TPSA) is 94.5 Å². The average Bonchev–Trinajstić information content (AvgIpc) is 2.72. The molecule has 2 aromatic heterocycles. The Morgan fingerprint density at radius 3 is 2.42 bits per heavy atom. The van der Waals surface area contributed by atoms with Crippen LogP contribution in [0.5, 0.6) is 0 Å². The molecule has 3 aromatic rings. The van der Waals surface area contributed by atoms with Gasteiger partial charge < -0.3 is 9.47 Å². The lowest BCUT2D eigenvalue weighted by molar-refractivity contribution is 0.0589. The molecule has 0 atom stereocenters. The Balaban J connectivity index is 2.02. The lowest BCUT2D eigenvalue weighted by Gasteiger charge is -2.27. The summed E-state index contributed by atoms with van der Waals surface area (Å²) in [6.45, 7) is 5.32. The van der Waals surface area contributed by atoms with Gasteiger partial charge in [-0.25, -0.2) is 19.5 Å². The molecule has 0 unspecified atom stereocenters. The number of esters is 1. The van der Waals surface area contributed by atoms with Crippen LogP contribution in [0.25, 0.3) is 11.4 Å². The van der Waals surface area contributed by atoms with Crippen LogP contribution < -0.4 is 4.90 Å². The molecule has 2 heterocycles. The van der Waals surface area contributed by atoms with Gasteiger partial charge in [0.05, 0.1) is 36.4 Å². The van der Waals surface area contributed by atoms with Crippen LogP contribution in [-0.2, 0) is 9.47 Å². The molecule has 0 bridgehead atoms. The minimum absolute atomic E-state index is 0.230. The maximum Gasteiger partial charge on any atom is 0.420 e. The maximum absolute atomic E-state index is 13.0. The Kier molecular flexibility index (Phi) is 6.50. The molecule has 160 valence electrons. The molecule has 0 spiro atoms. The third-order valence-corrected chi connectivity index (χ3v) is 4.18. The van der Waals surface area contributed by atoms with Crippen LogP contribution in [-0.4, -0.2) is 39.7 Å². The summed E-state index contributed by atoms with van der Waals surface area (Å²) in [6.07, 6.45) is 3.71. The number of carbonyl (C=O) groups is 2. The number of methoxy groups -OCH3 is 1. The minimum atomic E-state index is -0.718. The largest absolute Gasteiger partial charge is 0.465 e. The maximum atomic E-state index is 13.0. The van der Waals surface area contributed by atoms with E-state index in [2.05, 4.69) is 19.7 Å². The molecular formula is C22H21ClN4O4. The number of hydrogen-bond donors (Lipinski definition) is 0. The fourth-order valence-electron chi connectivity index (χ4n) is 2.62. The molecule has 0 aliphatic rings. The van der Waals surface area contributed by atoms with Gasteiger partial charge in [0.2, 0.25) is 0 Å². The van der Waals surface area contributed by atoms with E-state index >= 15 is 0 Å². The first kappa shape index (κ1) is 22.2. The van der Waals surface area contributed by atoms with E-state index in [9.17, 15) is 9.59 Å². The van der Waals surface area contributed by atoms with Crippen LogP contribution in [0, 0.1) is 0 Å². The molecule has 1 aromatic carbocycles. The molecule has 31 heavy (non-hydrogen) atoms. The second kappa shape index (κ2) is 9.09. The fraction of sp³-hybridized carbons (Fsp3) is 0.227. The number of nitrogens with zero attached hydrogens (tertiary/aromatic N) is 4. The van der Waals surface area contributed by atoms with Crippen LogP contribution in [0.1, 0.15) is 31.1 Å². The summed E-state index contributed by atoms with van der Waals surface area (Å²) in [6, 6.07) is 9.96. The van der Waals surface area contributed by atoms with Crippen LogP contribution in [0.15, 0.2) is 55.0 Å². The number of carbonyl (C=O) groups excluding carboxylic acids is 2. The molecule has 8 nitrogen and oxygen atoms in total. The molecule has 0 aliphatic carbocycles. The van der Waals surface area contributed by atoms with Crippen molar-refractivity contribution in [2.45, 2.75) is 26.4 Å². The quantitative estimate of drug-likeness (QED) is 0.523. The number of benzene rings is 1. The van der Waals surface area contributed by atoms with Gasteiger partial charge in [0.1, 0.15) is 11.3 Å². The van der Waals surface area contributed by atoms with Crippen molar-refractivity contribution in [1.29, 1.82) is 0 Å². The first-order chi connectivity index (χ1) is 14.7. The number of halogens is 1. The van der Waals surface area contributed by atoms with Gasteiger partial charge in [0.25, 0.3) is 0 Å². The van der Waals surface area contributed by atoms with Crippen molar-refractivity contribution in [2.75, 3.05) is 12.0 Å². The predicted molar refractivity (Wildman–Crippen MR) is 116 cm³/mol. The fourth-order valence-corrected chi connectivity index (χ4v) is 2.81. The van der Waals surface area contributed by atoms with E-state index in [4.69, 9.17) is 16.3 Å². The number of aromatic nitrogens is 3. The third-order valence-electron chi connectivity index (χ3n) is 3.94. The molecular weight excluding hydrogens is 420 g/mol. The minimum Gasteiger partial charge on any atom is -0.465 e. The molecule has 0 saturated carbocycles. The molecule has 0 fully saturated rings. The second-order valence-electron chi connectivity index (χ2n) is 7.48. The highest BCUT2D eigenvalue weighted by Crippen LogP contribution is 2.29. The van der Waals surface area contributed by atoms with Crippen LogP contribution in [0.4, 0.5) is 16.3 Å². The predicted octanol–water partition coefficient (Wildman–Crippen LogP) is 5.05. The highest BCUT2D eigenvalue weighted by atomic mass is 35.5. The van der Waals surface area contributed by atoms with Crippen LogP contribution >= 0.6 is 11.6 Å². The van der Waals surface area contributed by atoms with Gasteiger partial charge in [-0.1, -0.05) is 17.7 Å². The monoisotopic (exact) mass is 440 g/mol. The van der Waals surface area contributed by atoms with Gasteiger partial charge in [0.15, 0.2) is 5.82 Å². The summed E-state index contributed by atoms with van der Waals surface area (Å²) >= 11 is 6.13. The van der Waals surface area contributed by atoms with Crippen molar-refractivity contribution in [3.05, 3.63) is 65.6 Å². The molecule has 0 radical (unpaired) electrons. The van der Waals surface area contributed by atoms with Crippen molar-refractivity contribution >= 4 is 35.2 Å². The summed E-state index contributed by atoms with van der Waals surface area (Å²) in [5.74, 6) is -0.260. The average molecular weight is 441 g/mol. The number of ether oxygens (including phenoxy) is 2. The lowest BCUT2D eigenvalue weighted by Crippen LogP contribution is -2.34. The zero-order valence-corrected chi connectivity index (χ0v) is 18.3. The highest BCUT2D eigenvalue weighted by molar-refractivity contribution is 6.31. The first-order valence-corrected chi connectivity index (χ1v) is 9.71. The number of rotatable bonds is 4. The zero-order chi connectivity index (χ0) is 22.6. The smallest absolute Gasteiger partial charge is 0.420 e. The second-order valence-corrected chi connectivity index (χ2v) is 7.92. The molecule has 3 rings (SSSR count). The van der Waals surface area contributed by atoms with Crippen molar-refractivity contribution in [3.63, 3.8) is 0 Å². The van der Waals surface area contributed by atoms with Crippen molar-refractivity contribution < 1.29 is 19.1 Å². The van der Waals surface area contributed by atoms with Gasteiger partial charge in [0, 0.05) is 11.2 Å². The Morgan fingerprint density at radius 1 is 1.03 bits per heavy atom. The zero-order valence-electron chi connectivity index (χ0n) is 17.5. The summed E-state index contributed by atoms with van der Waals surface area (Å²) in [7, 11) is 1.30. The standard InChI is InChI=1S/C22H21ClN4O4/c1-22(2,3)31-21(29)27(16-7-5-6-15(23)10-16)19-13-24-12-18(26-19)17-9-8-14(11-25-17)20(28)30-4/h5-13H,1-4H3.